The molecule has 0 aliphatic carbocycles. The molecular formula is C21H27NO3. The first-order chi connectivity index (χ1) is 11.8. The number of hydrogen-bond acceptors (Lipinski definition) is 3. The number of ether oxygens (including phenoxy) is 2. The maximum absolute atomic E-state index is 12.7. The number of rotatable bonds is 6. The molecule has 0 aliphatic heterocycles. The van der Waals surface area contributed by atoms with Crippen molar-refractivity contribution in [3.8, 4) is 11.5 Å². The first-order valence-corrected chi connectivity index (χ1v) is 8.56. The molecule has 0 saturated heterocycles. The van der Waals surface area contributed by atoms with Crippen molar-refractivity contribution in [2.45, 2.75) is 45.6 Å². The molecule has 4 nitrogen and oxygen atoms in total. The Morgan fingerprint density at radius 3 is 2.36 bits per heavy atom. The Bertz CT molecular complexity index is 705. The zero-order valence-electron chi connectivity index (χ0n) is 15.6. The molecule has 0 saturated carbocycles. The third-order valence-electron chi connectivity index (χ3n) is 4.01. The fourth-order valence-electron chi connectivity index (χ4n) is 2.47. The minimum atomic E-state index is -0.564. The normalized spacial score (nSPS) is 12.4. The Hall–Kier alpha value is -2.49. The molecule has 4 heteroatoms. The molecule has 0 heterocycles. The van der Waals surface area contributed by atoms with Crippen LogP contribution in [-0.2, 0) is 10.2 Å². The van der Waals surface area contributed by atoms with E-state index < -0.39 is 6.10 Å². The summed E-state index contributed by atoms with van der Waals surface area (Å²) in [6, 6.07) is 15.2. The number of hydrogen-bond donors (Lipinski definition) is 1. The second-order valence-corrected chi connectivity index (χ2v) is 6.98. The summed E-state index contributed by atoms with van der Waals surface area (Å²) in [7, 11) is 1.60. The summed E-state index contributed by atoms with van der Waals surface area (Å²) >= 11 is 0. The Labute approximate surface area is 150 Å². The van der Waals surface area contributed by atoms with E-state index in [1.165, 1.54) is 0 Å². The van der Waals surface area contributed by atoms with Crippen LogP contribution in [0.4, 0.5) is 5.69 Å². The van der Waals surface area contributed by atoms with E-state index in [0.29, 0.717) is 23.6 Å². The van der Waals surface area contributed by atoms with Gasteiger partial charge < -0.3 is 14.8 Å². The van der Waals surface area contributed by atoms with E-state index in [1.54, 1.807) is 7.11 Å². The lowest BCUT2D eigenvalue weighted by molar-refractivity contribution is -0.122. The average Bonchev–Trinajstić information content (AvgIpc) is 2.59. The summed E-state index contributed by atoms with van der Waals surface area (Å²) < 4.78 is 11.2. The van der Waals surface area contributed by atoms with E-state index in [4.69, 9.17) is 9.47 Å². The second kappa shape index (κ2) is 8.06. The minimum absolute atomic E-state index is 0.0174. The molecule has 0 aromatic heterocycles. The number of methoxy groups -OCH3 is 1. The molecule has 2 aromatic carbocycles. The lowest BCUT2D eigenvalue weighted by Crippen LogP contribution is -2.32. The Balaban J connectivity index is 2.20. The number of para-hydroxylation sites is 1. The monoisotopic (exact) mass is 341 g/mol. The quantitative estimate of drug-likeness (QED) is 0.822. The zero-order chi connectivity index (χ0) is 18.4. The predicted octanol–water partition coefficient (Wildman–Crippen LogP) is 4.79. The van der Waals surface area contributed by atoms with Gasteiger partial charge in [-0.05, 0) is 41.7 Å². The zero-order valence-corrected chi connectivity index (χ0v) is 15.6. The van der Waals surface area contributed by atoms with Gasteiger partial charge in [0.2, 0.25) is 0 Å². The van der Waals surface area contributed by atoms with Crippen LogP contribution in [-0.4, -0.2) is 19.1 Å². The number of benzene rings is 2. The second-order valence-electron chi connectivity index (χ2n) is 6.98. The van der Waals surface area contributed by atoms with Crippen molar-refractivity contribution in [2.24, 2.45) is 0 Å². The standard InChI is InChI=1S/C21H27NO3/c1-6-18(25-16-10-8-7-9-11-16)20(23)22-17-14-15(21(2,3)4)12-13-19(17)24-5/h7-14,18H,6H2,1-5H3,(H,22,23). The first kappa shape index (κ1) is 18.8. The van der Waals surface area contributed by atoms with E-state index in [9.17, 15) is 4.79 Å². The number of anilines is 1. The van der Waals surface area contributed by atoms with Crippen molar-refractivity contribution in [3.05, 3.63) is 54.1 Å². The highest BCUT2D eigenvalue weighted by molar-refractivity contribution is 5.95. The van der Waals surface area contributed by atoms with Gasteiger partial charge in [-0.3, -0.25) is 4.79 Å². The number of carbonyl (C=O) groups is 1. The fraction of sp³-hybridized carbons (Fsp3) is 0.381. The molecule has 0 bridgehead atoms. The van der Waals surface area contributed by atoms with Crippen molar-refractivity contribution in [2.75, 3.05) is 12.4 Å². The van der Waals surface area contributed by atoms with Crippen molar-refractivity contribution in [1.82, 2.24) is 0 Å². The van der Waals surface area contributed by atoms with Crippen LogP contribution in [0.3, 0.4) is 0 Å². The van der Waals surface area contributed by atoms with Gasteiger partial charge in [0.25, 0.3) is 5.91 Å². The van der Waals surface area contributed by atoms with Crippen LogP contribution in [0, 0.1) is 0 Å². The first-order valence-electron chi connectivity index (χ1n) is 8.56. The van der Waals surface area contributed by atoms with Crippen LogP contribution >= 0.6 is 0 Å². The third-order valence-corrected chi connectivity index (χ3v) is 4.01. The van der Waals surface area contributed by atoms with Crippen LogP contribution in [0.25, 0.3) is 0 Å². The lowest BCUT2D eigenvalue weighted by atomic mass is 9.87. The number of carbonyl (C=O) groups excluding carboxylic acids is 1. The maximum Gasteiger partial charge on any atom is 0.265 e. The molecule has 1 amide bonds. The van der Waals surface area contributed by atoms with Gasteiger partial charge >= 0.3 is 0 Å². The van der Waals surface area contributed by atoms with Crippen LogP contribution in [0.2, 0.25) is 0 Å². The number of amides is 1. The Morgan fingerprint density at radius 1 is 1.12 bits per heavy atom. The largest absolute Gasteiger partial charge is 0.495 e. The molecule has 134 valence electrons. The summed E-state index contributed by atoms with van der Waals surface area (Å²) in [5.41, 5.74) is 1.77. The van der Waals surface area contributed by atoms with E-state index in [0.717, 1.165) is 5.56 Å². The van der Waals surface area contributed by atoms with Gasteiger partial charge in [-0.25, -0.2) is 0 Å². The lowest BCUT2D eigenvalue weighted by Gasteiger charge is -2.22. The van der Waals surface area contributed by atoms with Gasteiger partial charge in [-0.15, -0.1) is 0 Å². The van der Waals surface area contributed by atoms with Crippen molar-refractivity contribution in [3.63, 3.8) is 0 Å². The molecule has 1 atom stereocenters. The van der Waals surface area contributed by atoms with Gasteiger partial charge in [0.1, 0.15) is 11.5 Å². The van der Waals surface area contributed by atoms with Gasteiger partial charge in [-0.1, -0.05) is 52.0 Å². The van der Waals surface area contributed by atoms with Crippen LogP contribution in [0.1, 0.15) is 39.7 Å². The fourth-order valence-corrected chi connectivity index (χ4v) is 2.47. The summed E-state index contributed by atoms with van der Waals surface area (Å²) in [4.78, 5) is 12.7. The van der Waals surface area contributed by atoms with Crippen LogP contribution in [0.15, 0.2) is 48.5 Å². The molecule has 25 heavy (non-hydrogen) atoms. The summed E-state index contributed by atoms with van der Waals surface area (Å²) in [5, 5.41) is 2.96. The van der Waals surface area contributed by atoms with Crippen molar-refractivity contribution < 1.29 is 14.3 Å². The number of nitrogens with one attached hydrogen (secondary N) is 1. The van der Waals surface area contributed by atoms with Gasteiger partial charge in [0.05, 0.1) is 12.8 Å². The highest BCUT2D eigenvalue weighted by atomic mass is 16.5. The smallest absolute Gasteiger partial charge is 0.265 e. The molecule has 2 aromatic rings. The summed E-state index contributed by atoms with van der Waals surface area (Å²) in [6.07, 6.45) is 0.00699. The van der Waals surface area contributed by atoms with E-state index in [1.807, 2.05) is 55.5 Å². The van der Waals surface area contributed by atoms with E-state index in [2.05, 4.69) is 26.1 Å². The summed E-state index contributed by atoms with van der Waals surface area (Å²) in [6.45, 7) is 8.32. The molecule has 2 rings (SSSR count). The highest BCUT2D eigenvalue weighted by Gasteiger charge is 2.21. The molecule has 0 spiro atoms. The van der Waals surface area contributed by atoms with Gasteiger partial charge in [0.15, 0.2) is 6.10 Å². The minimum Gasteiger partial charge on any atom is -0.495 e. The molecule has 0 radical (unpaired) electrons. The van der Waals surface area contributed by atoms with Crippen molar-refractivity contribution in [1.29, 1.82) is 0 Å². The average molecular weight is 341 g/mol. The van der Waals surface area contributed by atoms with Crippen molar-refractivity contribution >= 4 is 11.6 Å². The maximum atomic E-state index is 12.7. The summed E-state index contributed by atoms with van der Waals surface area (Å²) in [5.74, 6) is 1.13. The molecule has 1 unspecified atom stereocenters. The SMILES string of the molecule is CCC(Oc1ccccc1)C(=O)Nc1cc(C(C)(C)C)ccc1OC. The molecule has 0 aliphatic rings. The van der Waals surface area contributed by atoms with Gasteiger partial charge in [0, 0.05) is 0 Å². The van der Waals surface area contributed by atoms with E-state index in [-0.39, 0.29) is 11.3 Å². The molecule has 1 N–H and O–H groups in total. The highest BCUT2D eigenvalue weighted by Crippen LogP contribution is 2.31. The third kappa shape index (κ3) is 4.99. The predicted molar refractivity (Wildman–Crippen MR) is 101 cm³/mol. The topological polar surface area (TPSA) is 47.6 Å². The molecule has 0 fully saturated rings. The molecular weight excluding hydrogens is 314 g/mol. The Kier molecular flexibility index (Phi) is 6.07. The van der Waals surface area contributed by atoms with Crippen LogP contribution < -0.4 is 14.8 Å². The van der Waals surface area contributed by atoms with Crippen LogP contribution in [0.5, 0.6) is 11.5 Å². The van der Waals surface area contributed by atoms with Gasteiger partial charge in [-0.2, -0.15) is 0 Å². The Morgan fingerprint density at radius 2 is 1.80 bits per heavy atom. The van der Waals surface area contributed by atoms with E-state index >= 15 is 0 Å².